The molecule has 0 aliphatic carbocycles. The van der Waals surface area contributed by atoms with Crippen molar-refractivity contribution in [1.29, 1.82) is 0 Å². The molecule has 0 saturated heterocycles. The Bertz CT molecular complexity index is 506. The molecular weight excluding hydrogens is 406 g/mol. The standard InChI is InChI=1S/C21H38N2O5.2Na/c1-2-3-4-5-6-7-8-9-10-11-12-19-22-13-14-23(19,17-20(24)25)15-16-28-18-21(26)27;;/h2-18H2,1H3,(H-,24,25,26,27);;/q;2*+1/p+1. The molecule has 0 fully saturated rings. The average Bonchev–Trinajstić information content (AvgIpc) is 3.02. The molecule has 0 bridgehead atoms. The molecular formula is C21H39N2Na2O5+3. The Morgan fingerprint density at radius 2 is 1.50 bits per heavy atom. The summed E-state index contributed by atoms with van der Waals surface area (Å²) in [4.78, 5) is 26.6. The number of quaternary nitrogens is 1. The second-order valence-electron chi connectivity index (χ2n) is 7.82. The van der Waals surface area contributed by atoms with E-state index in [0.717, 1.165) is 25.1 Å². The second-order valence-corrected chi connectivity index (χ2v) is 7.82. The van der Waals surface area contributed by atoms with Crippen LogP contribution in [0.5, 0.6) is 0 Å². The van der Waals surface area contributed by atoms with E-state index in [1.165, 1.54) is 51.4 Å². The Hall–Kier alpha value is 0.530. The van der Waals surface area contributed by atoms with Crippen molar-refractivity contribution in [3.63, 3.8) is 0 Å². The van der Waals surface area contributed by atoms with Crippen LogP contribution in [0.1, 0.15) is 77.6 Å². The third kappa shape index (κ3) is 14.6. The van der Waals surface area contributed by atoms with Crippen molar-refractivity contribution in [2.45, 2.75) is 77.6 Å². The van der Waals surface area contributed by atoms with Gasteiger partial charge in [0.2, 0.25) is 0 Å². The van der Waals surface area contributed by atoms with Gasteiger partial charge in [0.05, 0.1) is 13.2 Å². The number of carboxylic acids is 2. The molecule has 0 saturated carbocycles. The summed E-state index contributed by atoms with van der Waals surface area (Å²) in [5.74, 6) is -0.915. The molecule has 0 radical (unpaired) electrons. The predicted octanol–water partition coefficient (Wildman–Crippen LogP) is -2.28. The van der Waals surface area contributed by atoms with Crippen LogP contribution in [-0.4, -0.2) is 71.9 Å². The van der Waals surface area contributed by atoms with Crippen LogP contribution in [-0.2, 0) is 14.3 Å². The van der Waals surface area contributed by atoms with E-state index in [1.54, 1.807) is 0 Å². The topological polar surface area (TPSA) is 96.2 Å². The molecule has 0 aromatic heterocycles. The number of aliphatic carboxylic acids is 2. The summed E-state index contributed by atoms with van der Waals surface area (Å²) >= 11 is 0. The first-order chi connectivity index (χ1) is 13.5. The molecule has 1 aliphatic heterocycles. The molecule has 0 aromatic rings. The van der Waals surface area contributed by atoms with Crippen LogP contribution in [0.25, 0.3) is 0 Å². The van der Waals surface area contributed by atoms with E-state index in [2.05, 4.69) is 11.9 Å². The smallest absolute Gasteiger partial charge is 0.480 e. The normalized spacial score (nSPS) is 17.7. The zero-order valence-corrected chi connectivity index (χ0v) is 23.5. The van der Waals surface area contributed by atoms with Crippen molar-refractivity contribution in [2.24, 2.45) is 4.99 Å². The van der Waals surface area contributed by atoms with E-state index in [-0.39, 0.29) is 78.9 Å². The summed E-state index contributed by atoms with van der Waals surface area (Å²) in [6.07, 6.45) is 13.5. The number of ether oxygens (including phenoxy) is 1. The van der Waals surface area contributed by atoms with E-state index < -0.39 is 11.9 Å². The molecule has 1 unspecified atom stereocenters. The molecule has 7 nitrogen and oxygen atoms in total. The maximum atomic E-state index is 11.4. The summed E-state index contributed by atoms with van der Waals surface area (Å²) < 4.78 is 5.47. The molecule has 1 rings (SSSR count). The van der Waals surface area contributed by atoms with Gasteiger partial charge in [-0.3, -0.25) is 4.48 Å². The number of carbonyl (C=O) groups is 2. The number of hydrogen-bond donors (Lipinski definition) is 2. The van der Waals surface area contributed by atoms with Crippen molar-refractivity contribution in [1.82, 2.24) is 0 Å². The van der Waals surface area contributed by atoms with Gasteiger partial charge in [-0.05, 0) is 6.42 Å². The number of nitrogens with zero attached hydrogens (tertiary/aromatic N) is 2. The fourth-order valence-electron chi connectivity index (χ4n) is 3.88. The van der Waals surface area contributed by atoms with Gasteiger partial charge in [-0.2, -0.15) is 0 Å². The quantitative estimate of drug-likeness (QED) is 0.141. The zero-order chi connectivity index (χ0) is 20.7. The fourth-order valence-corrected chi connectivity index (χ4v) is 3.88. The van der Waals surface area contributed by atoms with Gasteiger partial charge in [0.25, 0.3) is 0 Å². The van der Waals surface area contributed by atoms with E-state index in [4.69, 9.17) is 9.84 Å². The molecule has 9 heteroatoms. The number of hydrogen-bond acceptors (Lipinski definition) is 4. The van der Waals surface area contributed by atoms with Gasteiger partial charge < -0.3 is 14.9 Å². The number of aliphatic imine (C=N–C) groups is 1. The summed E-state index contributed by atoms with van der Waals surface area (Å²) in [6, 6.07) is 0. The van der Waals surface area contributed by atoms with Gasteiger partial charge in [-0.1, -0.05) is 64.7 Å². The second kappa shape index (κ2) is 20.2. The van der Waals surface area contributed by atoms with Crippen LogP contribution in [0.3, 0.4) is 0 Å². The number of unbranched alkanes of at least 4 members (excludes halogenated alkanes) is 9. The van der Waals surface area contributed by atoms with Crippen LogP contribution in [0.4, 0.5) is 0 Å². The monoisotopic (exact) mass is 445 g/mol. The van der Waals surface area contributed by atoms with Crippen molar-refractivity contribution in [2.75, 3.05) is 39.4 Å². The first-order valence-electron chi connectivity index (χ1n) is 10.9. The molecule has 30 heavy (non-hydrogen) atoms. The maximum Gasteiger partial charge on any atom is 1.00 e. The summed E-state index contributed by atoms with van der Waals surface area (Å²) in [6.45, 7) is 3.88. The summed E-state index contributed by atoms with van der Waals surface area (Å²) in [5, 5.41) is 18.0. The van der Waals surface area contributed by atoms with E-state index in [1.807, 2.05) is 0 Å². The first kappa shape index (κ1) is 32.7. The molecule has 1 aliphatic rings. The van der Waals surface area contributed by atoms with Gasteiger partial charge in [0.1, 0.15) is 19.7 Å². The third-order valence-electron chi connectivity index (χ3n) is 5.45. The van der Waals surface area contributed by atoms with E-state index in [9.17, 15) is 14.7 Å². The number of rotatable bonds is 18. The van der Waals surface area contributed by atoms with Crippen LogP contribution < -0.4 is 59.1 Å². The molecule has 1 heterocycles. The molecule has 2 N–H and O–H groups in total. The van der Waals surface area contributed by atoms with Gasteiger partial charge in [0, 0.05) is 6.42 Å². The van der Waals surface area contributed by atoms with Crippen LogP contribution in [0.15, 0.2) is 4.99 Å². The first-order valence-corrected chi connectivity index (χ1v) is 10.9. The average molecular weight is 446 g/mol. The van der Waals surface area contributed by atoms with Crippen molar-refractivity contribution in [3.05, 3.63) is 0 Å². The van der Waals surface area contributed by atoms with Crippen molar-refractivity contribution >= 4 is 17.8 Å². The molecule has 162 valence electrons. The van der Waals surface area contributed by atoms with E-state index >= 15 is 0 Å². The molecule has 1 atom stereocenters. The van der Waals surface area contributed by atoms with Crippen LogP contribution in [0, 0.1) is 0 Å². The Morgan fingerprint density at radius 3 is 2.03 bits per heavy atom. The molecule has 0 amide bonds. The molecule has 0 aromatic carbocycles. The fraction of sp³-hybridized carbons (Fsp3) is 0.857. The SMILES string of the molecule is CCCCCCCCCCCCC1=NCC[N+]1(CCOCC(=O)O)CC(=O)O.[Na+].[Na+]. The van der Waals surface area contributed by atoms with Gasteiger partial charge >= 0.3 is 71.1 Å². The Balaban J connectivity index is 0. The van der Waals surface area contributed by atoms with E-state index in [0.29, 0.717) is 24.1 Å². The Morgan fingerprint density at radius 1 is 0.933 bits per heavy atom. The zero-order valence-electron chi connectivity index (χ0n) is 19.5. The van der Waals surface area contributed by atoms with Crippen LogP contribution >= 0.6 is 0 Å². The summed E-state index contributed by atoms with van der Waals surface area (Å²) in [7, 11) is 0. The minimum absolute atomic E-state index is 0. The van der Waals surface area contributed by atoms with Crippen molar-refractivity contribution in [3.8, 4) is 0 Å². The third-order valence-corrected chi connectivity index (χ3v) is 5.45. The Labute approximate surface area is 226 Å². The van der Waals surface area contributed by atoms with Crippen LogP contribution in [0.2, 0.25) is 0 Å². The van der Waals surface area contributed by atoms with Gasteiger partial charge in [0.15, 0.2) is 12.4 Å². The number of amidine groups is 1. The Kier molecular flexibility index (Phi) is 22.0. The van der Waals surface area contributed by atoms with Crippen molar-refractivity contribution < 1.29 is 88.1 Å². The largest absolute Gasteiger partial charge is 1.00 e. The van der Waals surface area contributed by atoms with Gasteiger partial charge in [-0.15, -0.1) is 0 Å². The number of carboxylic acid groups (broad SMARTS) is 2. The predicted molar refractivity (Wildman–Crippen MR) is 110 cm³/mol. The minimum atomic E-state index is -1.01. The minimum Gasteiger partial charge on any atom is -0.480 e. The van der Waals surface area contributed by atoms with Gasteiger partial charge in [-0.25, -0.2) is 14.6 Å². The summed E-state index contributed by atoms with van der Waals surface area (Å²) in [5.41, 5.74) is 0. The maximum absolute atomic E-state index is 11.4. The molecule has 0 spiro atoms.